The van der Waals surface area contributed by atoms with Crippen LogP contribution in [0.5, 0.6) is 0 Å². The molecule has 0 saturated carbocycles. The molecule has 0 spiro atoms. The minimum atomic E-state index is 0.0807. The van der Waals surface area contributed by atoms with Crippen LogP contribution in [0.1, 0.15) is 12.0 Å². The second-order valence-corrected chi connectivity index (χ2v) is 7.28. The quantitative estimate of drug-likeness (QED) is 0.764. The molecule has 0 aliphatic carbocycles. The van der Waals surface area contributed by atoms with Crippen LogP contribution in [0.3, 0.4) is 0 Å². The van der Waals surface area contributed by atoms with Gasteiger partial charge in [-0.2, -0.15) is 0 Å². The number of carbonyl (C=O) groups excluding carboxylic acids is 1. The first-order chi connectivity index (χ1) is 11.7. The van der Waals surface area contributed by atoms with Gasteiger partial charge < -0.3 is 10.6 Å². The van der Waals surface area contributed by atoms with Crippen LogP contribution in [-0.4, -0.2) is 24.0 Å². The summed E-state index contributed by atoms with van der Waals surface area (Å²) in [5, 5.41) is 7.23. The standard InChI is InChI=1S/C19H19N3OS/c1-12-2-7-16-17(10-12)24-19(22-16)13-3-5-15(6-4-13)21-18(23)14-8-9-20-11-14/h2-7,10,14,20H,8-9,11H2,1H3,(H,21,23). The molecule has 1 unspecified atom stereocenters. The fraction of sp³-hybridized carbons (Fsp3) is 0.263. The average Bonchev–Trinajstić information content (AvgIpc) is 3.24. The van der Waals surface area contributed by atoms with Crippen molar-refractivity contribution in [3.8, 4) is 10.6 Å². The van der Waals surface area contributed by atoms with Crippen molar-refractivity contribution in [2.75, 3.05) is 18.4 Å². The van der Waals surface area contributed by atoms with Gasteiger partial charge >= 0.3 is 0 Å². The zero-order valence-electron chi connectivity index (χ0n) is 13.5. The van der Waals surface area contributed by atoms with E-state index in [-0.39, 0.29) is 11.8 Å². The van der Waals surface area contributed by atoms with Gasteiger partial charge in [0.2, 0.25) is 5.91 Å². The molecule has 5 heteroatoms. The second-order valence-electron chi connectivity index (χ2n) is 6.25. The highest BCUT2D eigenvalue weighted by Gasteiger charge is 2.22. The smallest absolute Gasteiger partial charge is 0.228 e. The number of nitrogens with one attached hydrogen (secondary N) is 2. The monoisotopic (exact) mass is 337 g/mol. The highest BCUT2D eigenvalue weighted by atomic mass is 32.1. The molecule has 1 fully saturated rings. The van der Waals surface area contributed by atoms with E-state index >= 15 is 0 Å². The van der Waals surface area contributed by atoms with Crippen molar-refractivity contribution < 1.29 is 4.79 Å². The molecule has 2 heterocycles. The third-order valence-corrected chi connectivity index (χ3v) is 5.44. The number of aryl methyl sites for hydroxylation is 1. The Labute approximate surface area is 144 Å². The summed E-state index contributed by atoms with van der Waals surface area (Å²) < 4.78 is 1.20. The molecule has 0 radical (unpaired) electrons. The van der Waals surface area contributed by atoms with E-state index in [2.05, 4.69) is 35.8 Å². The Morgan fingerprint density at radius 2 is 2.08 bits per heavy atom. The molecule has 4 nitrogen and oxygen atoms in total. The molecule has 0 bridgehead atoms. The summed E-state index contributed by atoms with van der Waals surface area (Å²) in [4.78, 5) is 16.9. The summed E-state index contributed by atoms with van der Waals surface area (Å²) in [6.45, 7) is 3.79. The first kappa shape index (κ1) is 15.3. The maximum Gasteiger partial charge on any atom is 0.228 e. The summed E-state index contributed by atoms with van der Waals surface area (Å²) in [5.74, 6) is 0.181. The van der Waals surface area contributed by atoms with E-state index in [0.29, 0.717) is 0 Å². The van der Waals surface area contributed by atoms with Gasteiger partial charge in [-0.1, -0.05) is 6.07 Å². The number of benzene rings is 2. The van der Waals surface area contributed by atoms with Crippen LogP contribution in [0.2, 0.25) is 0 Å². The first-order valence-corrected chi connectivity index (χ1v) is 9.00. The van der Waals surface area contributed by atoms with Crippen molar-refractivity contribution in [1.29, 1.82) is 0 Å². The number of thiazole rings is 1. The number of hydrogen-bond acceptors (Lipinski definition) is 4. The van der Waals surface area contributed by atoms with E-state index < -0.39 is 0 Å². The normalized spacial score (nSPS) is 17.3. The fourth-order valence-corrected chi connectivity index (χ4v) is 4.04. The first-order valence-electron chi connectivity index (χ1n) is 8.18. The number of aromatic nitrogens is 1. The Kier molecular flexibility index (Phi) is 4.04. The van der Waals surface area contributed by atoms with Crippen molar-refractivity contribution in [2.24, 2.45) is 5.92 Å². The van der Waals surface area contributed by atoms with Gasteiger partial charge in [0.05, 0.1) is 16.1 Å². The summed E-state index contributed by atoms with van der Waals surface area (Å²) in [7, 11) is 0. The molecule has 1 amide bonds. The van der Waals surface area contributed by atoms with Gasteiger partial charge in [-0.05, 0) is 61.9 Å². The molecule has 4 rings (SSSR count). The van der Waals surface area contributed by atoms with Gasteiger partial charge in [-0.15, -0.1) is 11.3 Å². The molecule has 1 aliphatic rings. The van der Waals surface area contributed by atoms with Gasteiger partial charge in [-0.25, -0.2) is 4.98 Å². The van der Waals surface area contributed by atoms with Crippen LogP contribution in [0.15, 0.2) is 42.5 Å². The molecule has 2 aromatic carbocycles. The van der Waals surface area contributed by atoms with Gasteiger partial charge in [0.15, 0.2) is 0 Å². The van der Waals surface area contributed by atoms with E-state index in [4.69, 9.17) is 4.98 Å². The number of nitrogens with zero attached hydrogens (tertiary/aromatic N) is 1. The molecular weight excluding hydrogens is 318 g/mol. The van der Waals surface area contributed by atoms with Crippen LogP contribution in [0, 0.1) is 12.8 Å². The van der Waals surface area contributed by atoms with Gasteiger partial charge in [-0.3, -0.25) is 4.79 Å². The predicted octanol–water partition coefficient (Wildman–Crippen LogP) is 3.82. The molecule has 1 aliphatic heterocycles. The maximum atomic E-state index is 12.2. The number of anilines is 1. The minimum absolute atomic E-state index is 0.0807. The summed E-state index contributed by atoms with van der Waals surface area (Å²) in [6, 6.07) is 14.3. The molecule has 3 aromatic rings. The number of hydrogen-bond donors (Lipinski definition) is 2. The summed E-state index contributed by atoms with van der Waals surface area (Å²) in [6.07, 6.45) is 0.912. The summed E-state index contributed by atoms with van der Waals surface area (Å²) >= 11 is 1.70. The maximum absolute atomic E-state index is 12.2. The lowest BCUT2D eigenvalue weighted by Gasteiger charge is -2.10. The number of carbonyl (C=O) groups is 1. The Morgan fingerprint density at radius 3 is 2.83 bits per heavy atom. The van der Waals surface area contributed by atoms with Gasteiger partial charge in [0, 0.05) is 17.8 Å². The van der Waals surface area contributed by atoms with E-state index in [1.807, 2.05) is 24.3 Å². The zero-order chi connectivity index (χ0) is 16.5. The Bertz CT molecular complexity index is 879. The van der Waals surface area contributed by atoms with Crippen molar-refractivity contribution in [1.82, 2.24) is 10.3 Å². The van der Waals surface area contributed by atoms with Gasteiger partial charge in [0.25, 0.3) is 0 Å². The van der Waals surface area contributed by atoms with Crippen LogP contribution in [-0.2, 0) is 4.79 Å². The van der Waals surface area contributed by atoms with Crippen LogP contribution < -0.4 is 10.6 Å². The SMILES string of the molecule is Cc1ccc2nc(-c3ccc(NC(=O)C4CCNC4)cc3)sc2c1. The highest BCUT2D eigenvalue weighted by molar-refractivity contribution is 7.21. The largest absolute Gasteiger partial charge is 0.326 e. The zero-order valence-corrected chi connectivity index (χ0v) is 14.3. The molecule has 1 aromatic heterocycles. The Balaban J connectivity index is 1.53. The average molecular weight is 337 g/mol. The minimum Gasteiger partial charge on any atom is -0.326 e. The van der Waals surface area contributed by atoms with Crippen molar-refractivity contribution in [3.05, 3.63) is 48.0 Å². The summed E-state index contributed by atoms with van der Waals surface area (Å²) in [5.41, 5.74) is 4.20. The predicted molar refractivity (Wildman–Crippen MR) is 99.4 cm³/mol. The molecule has 1 atom stereocenters. The van der Waals surface area contributed by atoms with E-state index in [9.17, 15) is 4.79 Å². The number of rotatable bonds is 3. The molecule has 1 saturated heterocycles. The van der Waals surface area contributed by atoms with Crippen LogP contribution >= 0.6 is 11.3 Å². The van der Waals surface area contributed by atoms with Crippen LogP contribution in [0.4, 0.5) is 5.69 Å². The Hall–Kier alpha value is -2.24. The topological polar surface area (TPSA) is 54.0 Å². The fourth-order valence-electron chi connectivity index (χ4n) is 2.97. The Morgan fingerprint density at radius 1 is 1.25 bits per heavy atom. The van der Waals surface area contributed by atoms with E-state index in [0.717, 1.165) is 41.3 Å². The third-order valence-electron chi connectivity index (χ3n) is 4.37. The lowest BCUT2D eigenvalue weighted by atomic mass is 10.1. The highest BCUT2D eigenvalue weighted by Crippen LogP contribution is 2.31. The number of fused-ring (bicyclic) bond motifs is 1. The second kappa shape index (κ2) is 6.34. The molecule has 24 heavy (non-hydrogen) atoms. The van der Waals surface area contributed by atoms with Gasteiger partial charge in [0.1, 0.15) is 5.01 Å². The molecule has 122 valence electrons. The molecular formula is C19H19N3OS. The van der Waals surface area contributed by atoms with E-state index in [1.54, 1.807) is 11.3 Å². The lowest BCUT2D eigenvalue weighted by Crippen LogP contribution is -2.24. The number of amides is 1. The van der Waals surface area contributed by atoms with Crippen molar-refractivity contribution in [2.45, 2.75) is 13.3 Å². The third kappa shape index (κ3) is 3.05. The van der Waals surface area contributed by atoms with Crippen molar-refractivity contribution in [3.63, 3.8) is 0 Å². The molecule has 2 N–H and O–H groups in total. The lowest BCUT2D eigenvalue weighted by molar-refractivity contribution is -0.119. The van der Waals surface area contributed by atoms with Crippen LogP contribution in [0.25, 0.3) is 20.8 Å². The van der Waals surface area contributed by atoms with E-state index in [1.165, 1.54) is 10.3 Å². The van der Waals surface area contributed by atoms with Crippen molar-refractivity contribution >= 4 is 33.1 Å².